The molecule has 0 radical (unpaired) electrons. The first-order chi connectivity index (χ1) is 22.2. The number of nitrogens with one attached hydrogen (secondary N) is 2. The monoisotopic (exact) mass is 671 g/mol. The van der Waals surface area contributed by atoms with Crippen LogP contribution >= 0.6 is 12.0 Å². The van der Waals surface area contributed by atoms with Crippen molar-refractivity contribution in [1.82, 2.24) is 10.6 Å². The fourth-order valence-corrected chi connectivity index (χ4v) is 7.45. The fraction of sp³-hybridized carbons (Fsp3) is 0.429. The van der Waals surface area contributed by atoms with E-state index in [9.17, 15) is 18.0 Å². The van der Waals surface area contributed by atoms with Gasteiger partial charge in [0.25, 0.3) is 5.91 Å². The molecule has 1 aliphatic carbocycles. The van der Waals surface area contributed by atoms with Gasteiger partial charge in [-0.15, -0.1) is 0 Å². The molecule has 0 unspecified atom stereocenters. The third-order valence-corrected chi connectivity index (χ3v) is 10.5. The van der Waals surface area contributed by atoms with E-state index in [2.05, 4.69) is 10.6 Å². The van der Waals surface area contributed by atoms with Crippen LogP contribution in [0, 0.1) is 6.92 Å². The molecule has 3 aromatic carbocycles. The molecule has 0 bridgehead atoms. The molecular weight excluding hydrogens is 623 g/mol. The molecule has 1 atom stereocenters. The van der Waals surface area contributed by atoms with E-state index in [1.54, 1.807) is 18.2 Å². The maximum absolute atomic E-state index is 13.4. The van der Waals surface area contributed by atoms with Crippen molar-refractivity contribution >= 4 is 39.4 Å². The molecule has 3 N–H and O–H groups in total. The second-order valence-corrected chi connectivity index (χ2v) is 14.4. The smallest absolute Gasteiger partial charge is 0.252 e. The standard InChI is InChI=1S/C28H37N3O5S.C7H8OS.2H2/c1-2-36-25-18-22(17-24(19-25)31-14-9-15-37(31,34)35)28(33)30-26(16-21-10-5-3-6-11-21)27(32)20-29-23-12-7-4-8-13-23;1-6-2-4-7(9-8)5-3-6;;/h3,5-6,10-11,17-19,23,26,29H,2,4,7-9,12-16,20H2,1H3,(H,30,33);2-5,8H,1H3;2*1H/t26-;;;/m0.../s1. The predicted molar refractivity (Wildman–Crippen MR) is 189 cm³/mol. The highest BCUT2D eigenvalue weighted by Gasteiger charge is 2.30. The topological polar surface area (TPSA) is 125 Å². The van der Waals surface area contributed by atoms with E-state index < -0.39 is 22.0 Å². The van der Waals surface area contributed by atoms with Crippen LogP contribution in [-0.4, -0.2) is 62.2 Å². The van der Waals surface area contributed by atoms with Crippen LogP contribution in [0.1, 0.15) is 69.8 Å². The van der Waals surface area contributed by atoms with Crippen molar-refractivity contribution < 1.29 is 30.1 Å². The van der Waals surface area contributed by atoms with Crippen LogP contribution in [0.5, 0.6) is 5.75 Å². The number of rotatable bonds is 12. The zero-order valence-corrected chi connectivity index (χ0v) is 28.2. The number of aryl methyl sites for hydroxylation is 1. The summed E-state index contributed by atoms with van der Waals surface area (Å²) in [6.07, 6.45) is 6.61. The highest BCUT2D eigenvalue weighted by Crippen LogP contribution is 2.29. The van der Waals surface area contributed by atoms with E-state index in [0.717, 1.165) is 35.3 Å². The molecule has 252 valence electrons. The van der Waals surface area contributed by atoms with Crippen molar-refractivity contribution in [3.63, 3.8) is 0 Å². The van der Waals surface area contributed by atoms with E-state index in [4.69, 9.17) is 9.29 Å². The van der Waals surface area contributed by atoms with Crippen molar-refractivity contribution in [2.45, 2.75) is 75.8 Å². The largest absolute Gasteiger partial charge is 0.494 e. The van der Waals surface area contributed by atoms with Crippen molar-refractivity contribution in [1.29, 1.82) is 0 Å². The third kappa shape index (κ3) is 10.6. The van der Waals surface area contributed by atoms with Gasteiger partial charge in [-0.2, -0.15) is 0 Å². The van der Waals surface area contributed by atoms with Crippen LogP contribution in [0.2, 0.25) is 0 Å². The number of amides is 1. The zero-order valence-electron chi connectivity index (χ0n) is 26.6. The SMILES string of the molecule is CCOc1cc(C(=O)N[C@@H](Cc2ccccc2)C(=O)CNC2CCCCC2)cc(N2CCCS2(=O)=O)c1.Cc1ccc(SO)cc1.[HH].[HH]. The summed E-state index contributed by atoms with van der Waals surface area (Å²) in [5, 5.41) is 6.31. The molecule has 2 aliphatic rings. The number of hydrogen-bond donors (Lipinski definition) is 3. The highest BCUT2D eigenvalue weighted by atomic mass is 32.2. The van der Waals surface area contributed by atoms with Crippen molar-refractivity contribution in [2.24, 2.45) is 0 Å². The van der Waals surface area contributed by atoms with Gasteiger partial charge in [0, 0.05) is 44.0 Å². The Bertz CT molecular complexity index is 1540. The van der Waals surface area contributed by atoms with Crippen LogP contribution < -0.4 is 19.7 Å². The average molecular weight is 672 g/mol. The van der Waals surface area contributed by atoms with E-state index in [0.29, 0.717) is 43.5 Å². The maximum Gasteiger partial charge on any atom is 0.252 e. The predicted octanol–water partition coefficient (Wildman–Crippen LogP) is 6.51. The first-order valence-corrected chi connectivity index (χ1v) is 18.3. The second kappa shape index (κ2) is 17.5. The lowest BCUT2D eigenvalue weighted by molar-refractivity contribution is -0.120. The Hall–Kier alpha value is -3.38. The molecule has 5 rings (SSSR count). The number of carbonyl (C=O) groups excluding carboxylic acids is 2. The second-order valence-electron chi connectivity index (χ2n) is 11.7. The lowest BCUT2D eigenvalue weighted by Crippen LogP contribution is -2.47. The Labute approximate surface area is 280 Å². The summed E-state index contributed by atoms with van der Waals surface area (Å²) in [6, 6.07) is 21.7. The van der Waals surface area contributed by atoms with Gasteiger partial charge in [0.1, 0.15) is 5.75 Å². The van der Waals surface area contributed by atoms with Crippen LogP contribution in [-0.2, 0) is 21.2 Å². The van der Waals surface area contributed by atoms with Crippen LogP contribution in [0.3, 0.4) is 0 Å². The lowest BCUT2D eigenvalue weighted by Gasteiger charge is -2.24. The summed E-state index contributed by atoms with van der Waals surface area (Å²) in [5.41, 5.74) is 2.83. The third-order valence-electron chi connectivity index (χ3n) is 8.12. The molecule has 9 nitrogen and oxygen atoms in total. The van der Waals surface area contributed by atoms with E-state index >= 15 is 0 Å². The van der Waals surface area contributed by atoms with Crippen LogP contribution in [0.25, 0.3) is 0 Å². The molecule has 1 aliphatic heterocycles. The fourth-order valence-electron chi connectivity index (χ4n) is 5.65. The molecule has 1 saturated carbocycles. The molecule has 0 aromatic heterocycles. The van der Waals surface area contributed by atoms with Gasteiger partial charge in [-0.25, -0.2) is 8.42 Å². The zero-order chi connectivity index (χ0) is 32.9. The number of Topliss-reactive ketones (excluding diaryl/α,β-unsaturated/α-hetero) is 1. The summed E-state index contributed by atoms with van der Waals surface area (Å²) in [5.74, 6) is -0.0238. The van der Waals surface area contributed by atoms with Gasteiger partial charge in [0.05, 0.1) is 30.6 Å². The minimum absolute atomic E-state index is 0. The molecule has 3 aromatic rings. The first-order valence-electron chi connectivity index (χ1n) is 16.0. The normalized spacial score (nSPS) is 16.6. The number of nitrogens with zero attached hydrogens (tertiary/aromatic N) is 1. The highest BCUT2D eigenvalue weighted by molar-refractivity contribution is 7.93. The minimum Gasteiger partial charge on any atom is -0.494 e. The number of benzene rings is 3. The van der Waals surface area contributed by atoms with Crippen LogP contribution in [0.15, 0.2) is 77.7 Å². The van der Waals surface area contributed by atoms with Gasteiger partial charge in [-0.05, 0) is 69.4 Å². The van der Waals surface area contributed by atoms with Gasteiger partial charge >= 0.3 is 0 Å². The maximum atomic E-state index is 13.4. The number of anilines is 1. The Morgan fingerprint density at radius 2 is 1.74 bits per heavy atom. The van der Waals surface area contributed by atoms with Crippen LogP contribution in [0.4, 0.5) is 5.69 Å². The van der Waals surface area contributed by atoms with Gasteiger partial charge in [0.2, 0.25) is 10.0 Å². The van der Waals surface area contributed by atoms with E-state index in [-0.39, 0.29) is 26.5 Å². The molecule has 1 heterocycles. The van der Waals surface area contributed by atoms with Crippen molar-refractivity contribution in [2.75, 3.05) is 29.8 Å². The molecule has 11 heteroatoms. The van der Waals surface area contributed by atoms with Gasteiger partial charge in [0.15, 0.2) is 5.78 Å². The molecule has 1 saturated heterocycles. The van der Waals surface area contributed by atoms with Gasteiger partial charge in [-0.3, -0.25) is 13.9 Å². The first kappa shape index (κ1) is 35.5. The molecule has 46 heavy (non-hydrogen) atoms. The minimum atomic E-state index is -3.43. The summed E-state index contributed by atoms with van der Waals surface area (Å²) in [6.45, 7) is 4.78. The summed E-state index contributed by atoms with van der Waals surface area (Å²) in [7, 11) is -3.43. The van der Waals surface area contributed by atoms with Crippen molar-refractivity contribution in [3.05, 3.63) is 89.5 Å². The van der Waals surface area contributed by atoms with E-state index in [1.807, 2.05) is 68.4 Å². The van der Waals surface area contributed by atoms with Gasteiger partial charge < -0.3 is 19.9 Å². The Morgan fingerprint density at radius 3 is 2.37 bits per heavy atom. The number of hydrogen-bond acceptors (Lipinski definition) is 8. The average Bonchev–Trinajstić information content (AvgIpc) is 3.43. The van der Waals surface area contributed by atoms with Crippen molar-refractivity contribution in [3.8, 4) is 5.75 Å². The number of carbonyl (C=O) groups is 2. The van der Waals surface area contributed by atoms with Gasteiger partial charge in [-0.1, -0.05) is 67.3 Å². The summed E-state index contributed by atoms with van der Waals surface area (Å²) < 4.78 is 40.5. The molecule has 2 fully saturated rings. The number of ether oxygens (including phenoxy) is 1. The number of ketones is 1. The summed E-state index contributed by atoms with van der Waals surface area (Å²) >= 11 is 0.777. The quantitative estimate of drug-likeness (QED) is 0.186. The lowest BCUT2D eigenvalue weighted by atomic mass is 9.95. The Morgan fingerprint density at radius 1 is 1.02 bits per heavy atom. The van der Waals surface area contributed by atoms with E-state index in [1.165, 1.54) is 29.1 Å². The molecular formula is C35H49N3O6S2. The molecule has 0 spiro atoms. The Kier molecular flexibility index (Phi) is 13.5. The number of sulfonamides is 1. The summed E-state index contributed by atoms with van der Waals surface area (Å²) in [4.78, 5) is 27.6. The molecule has 1 amide bonds. The Balaban J connectivity index is 0.000000632.